The third kappa shape index (κ3) is 3.78. The molecule has 0 saturated carbocycles. The van der Waals surface area contributed by atoms with E-state index in [9.17, 15) is 14.7 Å². The Morgan fingerprint density at radius 3 is 2.47 bits per heavy atom. The zero-order chi connectivity index (χ0) is 25.6. The molecule has 8 heteroatoms. The van der Waals surface area contributed by atoms with Gasteiger partial charge in [0.05, 0.1) is 25.8 Å². The van der Waals surface area contributed by atoms with Crippen LogP contribution in [-0.2, 0) is 4.79 Å². The molecular weight excluding hydrogens is 482 g/mol. The standard InChI is InChI=1S/C28H22ClNO6/c1-15-7-6-8-18(11-15)30-24(19-9-4-5-10-20(19)34-2)23(26(32)28(30)33)25(31)21-13-16-12-17(29)14-22(35-3)27(16)36-21/h4-14,24,32H,1-3H3. The van der Waals surface area contributed by atoms with Crippen molar-refractivity contribution in [1.29, 1.82) is 0 Å². The molecule has 7 nitrogen and oxygen atoms in total. The number of ketones is 1. The molecule has 0 spiro atoms. The second-order valence-electron chi connectivity index (χ2n) is 8.39. The topological polar surface area (TPSA) is 89.2 Å². The predicted molar refractivity (Wildman–Crippen MR) is 136 cm³/mol. The van der Waals surface area contributed by atoms with Gasteiger partial charge in [0, 0.05) is 27.7 Å². The van der Waals surface area contributed by atoms with Gasteiger partial charge in [-0.15, -0.1) is 0 Å². The fraction of sp³-hybridized carbons (Fsp3) is 0.143. The van der Waals surface area contributed by atoms with Gasteiger partial charge in [-0.2, -0.15) is 0 Å². The molecule has 1 aliphatic heterocycles. The predicted octanol–water partition coefficient (Wildman–Crippen LogP) is 6.19. The third-order valence-corrected chi connectivity index (χ3v) is 6.37. The summed E-state index contributed by atoms with van der Waals surface area (Å²) in [4.78, 5) is 28.7. The van der Waals surface area contributed by atoms with Crippen LogP contribution in [-0.4, -0.2) is 31.0 Å². The Morgan fingerprint density at radius 2 is 1.75 bits per heavy atom. The summed E-state index contributed by atoms with van der Waals surface area (Å²) in [6.07, 6.45) is 0. The average molecular weight is 504 g/mol. The molecule has 3 aromatic carbocycles. The van der Waals surface area contributed by atoms with Gasteiger partial charge < -0.3 is 19.0 Å². The quantitative estimate of drug-likeness (QED) is 0.315. The third-order valence-electron chi connectivity index (χ3n) is 6.16. The Morgan fingerprint density at radius 1 is 1.00 bits per heavy atom. The van der Waals surface area contributed by atoms with Crippen molar-refractivity contribution in [2.75, 3.05) is 19.1 Å². The number of ether oxygens (including phenoxy) is 2. The van der Waals surface area contributed by atoms with Crippen molar-refractivity contribution in [3.05, 3.63) is 100.0 Å². The fourth-order valence-corrected chi connectivity index (χ4v) is 4.77. The molecule has 4 aromatic rings. The first-order valence-electron chi connectivity index (χ1n) is 11.1. The minimum Gasteiger partial charge on any atom is -0.503 e. The molecule has 1 amide bonds. The van der Waals surface area contributed by atoms with Gasteiger partial charge in [0.15, 0.2) is 22.9 Å². The maximum atomic E-state index is 13.9. The number of hydrogen-bond donors (Lipinski definition) is 1. The van der Waals surface area contributed by atoms with Gasteiger partial charge in [-0.1, -0.05) is 41.9 Å². The van der Waals surface area contributed by atoms with Crippen LogP contribution in [0.15, 0.2) is 82.5 Å². The highest BCUT2D eigenvalue weighted by Crippen LogP contribution is 2.45. The summed E-state index contributed by atoms with van der Waals surface area (Å²) < 4.78 is 16.8. The second kappa shape index (κ2) is 9.09. The molecule has 1 unspecified atom stereocenters. The van der Waals surface area contributed by atoms with Crippen molar-refractivity contribution in [2.45, 2.75) is 13.0 Å². The van der Waals surface area contributed by atoms with Crippen molar-refractivity contribution >= 4 is 39.9 Å². The first-order valence-corrected chi connectivity index (χ1v) is 11.5. The van der Waals surface area contributed by atoms with Crippen LogP contribution in [0.25, 0.3) is 11.0 Å². The number of carbonyl (C=O) groups excluding carboxylic acids is 2. The zero-order valence-electron chi connectivity index (χ0n) is 19.7. The Balaban J connectivity index is 1.70. The summed E-state index contributed by atoms with van der Waals surface area (Å²) in [7, 11) is 2.98. The van der Waals surface area contributed by atoms with Crippen molar-refractivity contribution in [1.82, 2.24) is 0 Å². The summed E-state index contributed by atoms with van der Waals surface area (Å²) in [5, 5.41) is 12.0. The molecule has 1 atom stereocenters. The van der Waals surface area contributed by atoms with E-state index in [1.165, 1.54) is 25.2 Å². The van der Waals surface area contributed by atoms with E-state index in [0.717, 1.165) is 5.56 Å². The van der Waals surface area contributed by atoms with Gasteiger partial charge in [-0.25, -0.2) is 0 Å². The van der Waals surface area contributed by atoms with Crippen molar-refractivity contribution in [3.8, 4) is 11.5 Å². The number of carbonyl (C=O) groups is 2. The maximum Gasteiger partial charge on any atom is 0.294 e. The van der Waals surface area contributed by atoms with Crippen molar-refractivity contribution in [2.24, 2.45) is 0 Å². The number of aliphatic hydroxyl groups excluding tert-OH is 1. The van der Waals surface area contributed by atoms with Crippen LogP contribution >= 0.6 is 11.6 Å². The van der Waals surface area contributed by atoms with Crippen LogP contribution < -0.4 is 14.4 Å². The molecule has 1 N–H and O–H groups in total. The second-order valence-corrected chi connectivity index (χ2v) is 8.82. The highest BCUT2D eigenvalue weighted by molar-refractivity contribution is 6.31. The Bertz CT molecular complexity index is 1550. The number of methoxy groups -OCH3 is 2. The Kier molecular flexibility index (Phi) is 5.94. The Hall–Kier alpha value is -4.23. The molecule has 5 rings (SSSR count). The first kappa shape index (κ1) is 23.5. The number of para-hydroxylation sites is 1. The van der Waals surface area contributed by atoms with Crippen LogP contribution in [0.3, 0.4) is 0 Å². The zero-order valence-corrected chi connectivity index (χ0v) is 20.5. The number of aryl methyl sites for hydroxylation is 1. The molecule has 0 aliphatic carbocycles. The number of rotatable bonds is 6. The highest BCUT2D eigenvalue weighted by atomic mass is 35.5. The minimum absolute atomic E-state index is 0.0640. The average Bonchev–Trinajstić information content (AvgIpc) is 3.41. The number of hydrogen-bond acceptors (Lipinski definition) is 6. The SMILES string of the molecule is COc1ccccc1C1C(C(=O)c2cc3cc(Cl)cc(OC)c3o2)=C(O)C(=O)N1c1cccc(C)c1. The molecule has 2 heterocycles. The van der Waals surface area contributed by atoms with E-state index in [1.807, 2.05) is 25.1 Å². The van der Waals surface area contributed by atoms with Gasteiger partial charge in [-0.05, 0) is 42.8 Å². The van der Waals surface area contributed by atoms with Gasteiger partial charge in [0.1, 0.15) is 5.75 Å². The number of halogens is 1. The molecule has 0 bridgehead atoms. The lowest BCUT2D eigenvalue weighted by Crippen LogP contribution is -2.31. The number of fused-ring (bicyclic) bond motifs is 1. The number of nitrogens with zero attached hydrogens (tertiary/aromatic N) is 1. The molecular formula is C28H22ClNO6. The molecule has 0 fully saturated rings. The molecule has 182 valence electrons. The Labute approximate surface area is 212 Å². The smallest absolute Gasteiger partial charge is 0.294 e. The van der Waals surface area contributed by atoms with E-state index in [2.05, 4.69) is 0 Å². The van der Waals surface area contributed by atoms with E-state index in [1.54, 1.807) is 42.5 Å². The monoisotopic (exact) mass is 503 g/mol. The van der Waals surface area contributed by atoms with E-state index in [4.69, 9.17) is 25.5 Å². The molecule has 1 aliphatic rings. The van der Waals surface area contributed by atoms with Gasteiger partial charge in [0.25, 0.3) is 5.91 Å². The van der Waals surface area contributed by atoms with Crippen LogP contribution in [0.5, 0.6) is 11.5 Å². The van der Waals surface area contributed by atoms with Gasteiger partial charge in [0.2, 0.25) is 5.78 Å². The summed E-state index contributed by atoms with van der Waals surface area (Å²) in [5.41, 5.74) is 2.20. The van der Waals surface area contributed by atoms with Crippen LogP contribution in [0, 0.1) is 6.92 Å². The first-order chi connectivity index (χ1) is 17.3. The number of Topliss-reactive ketones (excluding diaryl/α,β-unsaturated/α-hetero) is 1. The van der Waals surface area contributed by atoms with E-state index in [-0.39, 0.29) is 11.3 Å². The number of amides is 1. The minimum atomic E-state index is -0.957. The number of furan rings is 1. The summed E-state index contributed by atoms with van der Waals surface area (Å²) in [6, 6.07) is 18.1. The van der Waals surface area contributed by atoms with Gasteiger partial charge in [-0.3, -0.25) is 14.5 Å². The number of aliphatic hydroxyl groups is 1. The van der Waals surface area contributed by atoms with Crippen molar-refractivity contribution < 1.29 is 28.6 Å². The van der Waals surface area contributed by atoms with Crippen LogP contribution in [0.1, 0.15) is 27.7 Å². The van der Waals surface area contributed by atoms with Gasteiger partial charge >= 0.3 is 0 Å². The molecule has 0 saturated heterocycles. The summed E-state index contributed by atoms with van der Waals surface area (Å²) in [5.74, 6) is -1.22. The van der Waals surface area contributed by atoms with E-state index >= 15 is 0 Å². The fourth-order valence-electron chi connectivity index (χ4n) is 4.55. The van der Waals surface area contributed by atoms with E-state index < -0.39 is 23.5 Å². The summed E-state index contributed by atoms with van der Waals surface area (Å²) >= 11 is 6.18. The normalized spacial score (nSPS) is 15.6. The lowest BCUT2D eigenvalue weighted by atomic mass is 9.94. The van der Waals surface area contributed by atoms with Crippen molar-refractivity contribution in [3.63, 3.8) is 0 Å². The molecule has 36 heavy (non-hydrogen) atoms. The summed E-state index contributed by atoms with van der Waals surface area (Å²) in [6.45, 7) is 1.90. The van der Waals surface area contributed by atoms with Crippen LogP contribution in [0.4, 0.5) is 5.69 Å². The maximum absolute atomic E-state index is 13.9. The highest BCUT2D eigenvalue weighted by Gasteiger charge is 2.46. The number of anilines is 1. The van der Waals surface area contributed by atoms with E-state index in [0.29, 0.717) is 38.7 Å². The molecule has 1 aromatic heterocycles. The largest absolute Gasteiger partial charge is 0.503 e. The van der Waals surface area contributed by atoms with Crippen LogP contribution in [0.2, 0.25) is 5.02 Å². The number of benzene rings is 3. The molecule has 0 radical (unpaired) electrons. The lowest BCUT2D eigenvalue weighted by Gasteiger charge is -2.28. The lowest BCUT2D eigenvalue weighted by molar-refractivity contribution is -0.117.